The monoisotopic (exact) mass is 545 g/mol. The van der Waals surface area contributed by atoms with Crippen LogP contribution in [-0.2, 0) is 11.2 Å². The molecule has 0 saturated heterocycles. The fraction of sp³-hybridized carbons (Fsp3) is 0.370. The predicted molar refractivity (Wildman–Crippen MR) is 146 cm³/mol. The number of pyridine rings is 1. The molecule has 0 radical (unpaired) electrons. The quantitative estimate of drug-likeness (QED) is 0.310. The third-order valence-electron chi connectivity index (χ3n) is 7.09. The van der Waals surface area contributed by atoms with Gasteiger partial charge in [-0.05, 0) is 42.8 Å². The highest BCUT2D eigenvalue weighted by Crippen LogP contribution is 2.36. The zero-order chi connectivity index (χ0) is 25.9. The fourth-order valence-electron chi connectivity index (χ4n) is 5.26. The first-order valence-corrected chi connectivity index (χ1v) is 14.7. The van der Waals surface area contributed by atoms with Crippen LogP contribution in [0, 0.1) is 0 Å². The molecule has 1 saturated carbocycles. The number of aromatic nitrogens is 6. The number of anilines is 1. The number of nitrogens with one attached hydrogen (secondary N) is 1. The molecule has 2 aliphatic carbocycles. The standard InChI is InChI=1S/C27H27N7O2S2/c35-22-13-18(23-9-5-11-37-23)12-21-20(22)15-29-26(30-21)31-24(36)16-38-27-33-32-25(17-6-4-10-28-14-17)34(27)19-7-2-1-3-8-19/h4-6,9-11,14-15,18-19H,1-3,7-8,12-13,16H2,(H,29,30,31,36)/t18-/m0/s1. The molecule has 6 rings (SSSR count). The Morgan fingerprint density at radius 1 is 1.11 bits per heavy atom. The summed E-state index contributed by atoms with van der Waals surface area (Å²) in [6.45, 7) is 0. The number of hydrogen-bond acceptors (Lipinski definition) is 9. The van der Waals surface area contributed by atoms with Crippen LogP contribution in [0.2, 0.25) is 0 Å². The van der Waals surface area contributed by atoms with E-state index < -0.39 is 0 Å². The van der Waals surface area contributed by atoms with Crippen LogP contribution < -0.4 is 5.32 Å². The van der Waals surface area contributed by atoms with Crippen molar-refractivity contribution in [1.29, 1.82) is 0 Å². The van der Waals surface area contributed by atoms with Gasteiger partial charge in [0.1, 0.15) is 0 Å². The molecule has 1 amide bonds. The van der Waals surface area contributed by atoms with Crippen molar-refractivity contribution in [3.8, 4) is 11.4 Å². The third-order valence-corrected chi connectivity index (χ3v) is 9.07. The molecule has 194 valence electrons. The molecule has 0 aromatic carbocycles. The Morgan fingerprint density at radius 3 is 2.79 bits per heavy atom. The summed E-state index contributed by atoms with van der Waals surface area (Å²) in [6, 6.07) is 8.24. The number of fused-ring (bicyclic) bond motifs is 1. The van der Waals surface area contributed by atoms with E-state index >= 15 is 0 Å². The number of hydrogen-bond donors (Lipinski definition) is 1. The maximum atomic E-state index is 12.9. The second kappa shape index (κ2) is 11.1. The Morgan fingerprint density at radius 2 is 2.00 bits per heavy atom. The van der Waals surface area contributed by atoms with Crippen LogP contribution in [0.3, 0.4) is 0 Å². The number of carbonyl (C=O) groups excluding carboxylic acids is 2. The van der Waals surface area contributed by atoms with Crippen LogP contribution in [0.25, 0.3) is 11.4 Å². The van der Waals surface area contributed by atoms with Crippen LogP contribution in [0.4, 0.5) is 5.95 Å². The van der Waals surface area contributed by atoms with Gasteiger partial charge in [-0.15, -0.1) is 21.5 Å². The van der Waals surface area contributed by atoms with Crippen LogP contribution >= 0.6 is 23.1 Å². The molecule has 1 N–H and O–H groups in total. The van der Waals surface area contributed by atoms with E-state index in [1.54, 1.807) is 23.7 Å². The summed E-state index contributed by atoms with van der Waals surface area (Å²) < 4.78 is 2.18. The van der Waals surface area contributed by atoms with Gasteiger partial charge in [-0.2, -0.15) is 0 Å². The first kappa shape index (κ1) is 24.9. The van der Waals surface area contributed by atoms with E-state index in [4.69, 9.17) is 0 Å². The summed E-state index contributed by atoms with van der Waals surface area (Å²) in [5.74, 6) is 1.09. The number of nitrogens with zero attached hydrogens (tertiary/aromatic N) is 6. The van der Waals surface area contributed by atoms with E-state index in [9.17, 15) is 9.59 Å². The zero-order valence-electron chi connectivity index (χ0n) is 20.7. The smallest absolute Gasteiger partial charge is 0.237 e. The molecule has 4 heterocycles. The van der Waals surface area contributed by atoms with Gasteiger partial charge in [0, 0.05) is 47.4 Å². The van der Waals surface area contributed by atoms with E-state index in [0.29, 0.717) is 30.1 Å². The molecule has 4 aromatic rings. The lowest BCUT2D eigenvalue weighted by atomic mass is 9.86. The van der Waals surface area contributed by atoms with E-state index in [-0.39, 0.29) is 29.3 Å². The van der Waals surface area contributed by atoms with E-state index in [0.717, 1.165) is 29.4 Å². The van der Waals surface area contributed by atoms with Crippen LogP contribution in [0.5, 0.6) is 0 Å². The number of Topliss-reactive ketones (excluding diaryl/α,β-unsaturated/α-hetero) is 1. The van der Waals surface area contributed by atoms with E-state index in [2.05, 4.69) is 41.1 Å². The fourth-order valence-corrected chi connectivity index (χ4v) is 6.89. The molecule has 9 nitrogen and oxygen atoms in total. The highest BCUT2D eigenvalue weighted by Gasteiger charge is 2.29. The van der Waals surface area contributed by atoms with Crippen molar-refractivity contribution in [2.45, 2.75) is 62.1 Å². The van der Waals surface area contributed by atoms with Gasteiger partial charge in [0.05, 0.1) is 17.0 Å². The number of ketones is 1. The van der Waals surface area contributed by atoms with Gasteiger partial charge in [0.15, 0.2) is 16.8 Å². The molecule has 0 unspecified atom stereocenters. The molecular formula is C27H27N7O2S2. The summed E-state index contributed by atoms with van der Waals surface area (Å²) >= 11 is 3.01. The normalized spacial score (nSPS) is 17.8. The minimum atomic E-state index is -0.229. The average Bonchev–Trinajstić information content (AvgIpc) is 3.63. The topological polar surface area (TPSA) is 116 Å². The molecule has 2 aliphatic rings. The zero-order valence-corrected chi connectivity index (χ0v) is 22.4. The van der Waals surface area contributed by atoms with Gasteiger partial charge in [0.25, 0.3) is 0 Å². The van der Waals surface area contributed by atoms with Gasteiger partial charge in [-0.25, -0.2) is 9.97 Å². The molecule has 0 bridgehead atoms. The Bertz CT molecular complexity index is 1430. The van der Waals surface area contributed by atoms with Gasteiger partial charge in [0.2, 0.25) is 11.9 Å². The molecular weight excluding hydrogens is 518 g/mol. The van der Waals surface area contributed by atoms with E-state index in [1.807, 2.05) is 23.6 Å². The lowest BCUT2D eigenvalue weighted by Crippen LogP contribution is -2.22. The van der Waals surface area contributed by atoms with Crippen molar-refractivity contribution in [3.05, 3.63) is 64.4 Å². The lowest BCUT2D eigenvalue weighted by Gasteiger charge is -2.25. The molecule has 0 spiro atoms. The number of rotatable bonds is 7. The number of carbonyl (C=O) groups is 2. The Balaban J connectivity index is 1.16. The van der Waals surface area contributed by atoms with Gasteiger partial charge in [-0.3, -0.25) is 24.5 Å². The summed E-state index contributed by atoms with van der Waals surface area (Å²) in [4.78, 5) is 39.8. The summed E-state index contributed by atoms with van der Waals surface area (Å²) in [5.41, 5.74) is 2.16. The minimum Gasteiger partial charge on any atom is -0.299 e. The average molecular weight is 546 g/mol. The van der Waals surface area contributed by atoms with E-state index in [1.165, 1.54) is 42.1 Å². The highest BCUT2D eigenvalue weighted by atomic mass is 32.2. The van der Waals surface area contributed by atoms with Crippen LogP contribution in [0.1, 0.15) is 71.4 Å². The van der Waals surface area contributed by atoms with Crippen molar-refractivity contribution >= 4 is 40.7 Å². The Kier molecular flexibility index (Phi) is 7.28. The number of thioether (sulfide) groups is 1. The van der Waals surface area contributed by atoms with Crippen molar-refractivity contribution < 1.29 is 9.59 Å². The first-order valence-electron chi connectivity index (χ1n) is 12.9. The molecule has 38 heavy (non-hydrogen) atoms. The first-order chi connectivity index (χ1) is 18.7. The highest BCUT2D eigenvalue weighted by molar-refractivity contribution is 7.99. The number of thiophene rings is 1. The maximum Gasteiger partial charge on any atom is 0.237 e. The summed E-state index contributed by atoms with van der Waals surface area (Å²) in [6.07, 6.45) is 11.9. The third kappa shape index (κ3) is 5.25. The van der Waals surface area contributed by atoms with Gasteiger partial charge >= 0.3 is 0 Å². The maximum absolute atomic E-state index is 12.9. The molecule has 4 aromatic heterocycles. The van der Waals surface area contributed by atoms with Crippen molar-refractivity contribution in [2.75, 3.05) is 11.1 Å². The molecule has 1 atom stereocenters. The van der Waals surface area contributed by atoms with Gasteiger partial charge < -0.3 is 0 Å². The van der Waals surface area contributed by atoms with Gasteiger partial charge in [-0.1, -0.05) is 37.1 Å². The second-order valence-corrected chi connectivity index (χ2v) is 11.6. The Labute approximate surface area is 228 Å². The molecule has 0 aliphatic heterocycles. The summed E-state index contributed by atoms with van der Waals surface area (Å²) in [7, 11) is 0. The number of amides is 1. The minimum absolute atomic E-state index is 0.0459. The predicted octanol–water partition coefficient (Wildman–Crippen LogP) is 5.34. The largest absolute Gasteiger partial charge is 0.299 e. The van der Waals surface area contributed by atoms with Crippen molar-refractivity contribution in [1.82, 2.24) is 29.7 Å². The lowest BCUT2D eigenvalue weighted by molar-refractivity contribution is -0.113. The van der Waals surface area contributed by atoms with Crippen LogP contribution in [-0.4, -0.2) is 47.2 Å². The summed E-state index contributed by atoms with van der Waals surface area (Å²) in [5, 5.41) is 14.5. The molecule has 1 fully saturated rings. The van der Waals surface area contributed by atoms with Crippen LogP contribution in [0.15, 0.2) is 53.4 Å². The Hall–Kier alpha value is -3.44. The van der Waals surface area contributed by atoms with Crippen molar-refractivity contribution in [3.63, 3.8) is 0 Å². The molecule has 11 heteroatoms. The van der Waals surface area contributed by atoms with Crippen molar-refractivity contribution in [2.24, 2.45) is 0 Å². The SMILES string of the molecule is O=C(CSc1nnc(-c2cccnc2)n1C1CCCCC1)Nc1ncc2c(n1)C[C@H](c1cccs1)CC2=O. The second-order valence-electron chi connectivity index (χ2n) is 9.64.